The highest BCUT2D eigenvalue weighted by molar-refractivity contribution is 8.00. The van der Waals surface area contributed by atoms with Gasteiger partial charge in [-0.05, 0) is 100 Å². The highest BCUT2D eigenvalue weighted by Crippen LogP contribution is 2.26. The largest absolute Gasteiger partial charge is 0.370 e. The molecule has 2 aliphatic rings. The molecule has 2 aliphatic heterocycles. The molecule has 130 heavy (non-hydrogen) atoms. The molecular weight excluding hydrogens is 1700 g/mol. The Kier molecular flexibility index (Phi) is 39.8. The number of imidazole rings is 2. The van der Waals surface area contributed by atoms with Gasteiger partial charge >= 0.3 is 0 Å². The molecule has 0 radical (unpaired) electrons. The first kappa shape index (κ1) is 102. The van der Waals surface area contributed by atoms with Crippen molar-refractivity contribution in [2.45, 2.75) is 235 Å². The number of fused-ring (bicyclic) bond motifs is 2. The minimum atomic E-state index is -1.67. The van der Waals surface area contributed by atoms with Gasteiger partial charge < -0.3 is 114 Å². The maximum absolute atomic E-state index is 15.6. The first-order chi connectivity index (χ1) is 62.2. The second-order valence-corrected chi connectivity index (χ2v) is 34.2. The number of thioether (sulfide) groups is 1. The van der Waals surface area contributed by atoms with Gasteiger partial charge in [0.1, 0.15) is 78.8 Å². The number of carbonyl (C=O) groups is 17. The van der Waals surface area contributed by atoms with Crippen molar-refractivity contribution in [2.24, 2.45) is 17.4 Å². The molecule has 8 rings (SSSR count). The average Bonchev–Trinajstić information content (AvgIpc) is 1.59. The molecule has 41 heteroatoms. The third-order valence-electron chi connectivity index (χ3n) is 23.0. The topological polar surface area (TPSA) is 576 Å². The number of unbranched alkanes of at least 4 members (excludes halogenated alkanes) is 2. The van der Waals surface area contributed by atoms with E-state index < -0.39 is 192 Å². The van der Waals surface area contributed by atoms with Crippen molar-refractivity contribution in [2.75, 3.05) is 52.3 Å². The van der Waals surface area contributed by atoms with Gasteiger partial charge in [-0.25, -0.2) is 9.97 Å². The van der Waals surface area contributed by atoms with Crippen LogP contribution in [0.5, 0.6) is 0 Å². The van der Waals surface area contributed by atoms with Crippen LogP contribution < -0.4 is 70.0 Å². The standard InChI is InChI=1S/C89H125N23O17S/c1-11-15-30-71(110(9)89(129)73(31-16-12-2)111(10)87(127)67(37-54-42-96-61-28-20-18-26-59(54)61)107-80(120)63(23-13-3)102-83(123)65(104-79(119)62-29-21-33-94-62)36-53-41-95-60-27-19-17-25-58(53)60)84(124)103-64(24-14-4)81(121)108-70(78(118)97-45-75(91)115)47-130-48-76(116)101-68(39-56-44-93-50-99-56)86(126)109(8)52(7)77(117)106-69(40-74(90)114)88(128)112-34-22-32-72(112)85(125)105-66(38-55-43-92-49-98-55)82(122)100-57(46-113)35-51(5)6/h13-14,17-20,25-28,41-44,46,49-52,57,62-73,94-96H,3-4,11-12,15-16,21-24,29-40,45,47-48H2,1-2,5-10H3,(H2,90,114)(H2,91,115)(H,92,98)(H,93,99)(H,97,118)(H,100,122)(H,101,116)(H,102,123)(H,103,124)(H,104,119)(H,105,125)(H,106,117)(H,107,120)(H,108,121)/t52-,57-,62-,63-,64-,65-,66-,67-,68-,69-,70-,71-,72?,73-/m0/s1. The summed E-state index contributed by atoms with van der Waals surface area (Å²) < 4.78 is 0. The number of hydrogen-bond donors (Lipinski definition) is 17. The number of hydrogen-bond acceptors (Lipinski definition) is 21. The number of carbonyl (C=O) groups excluding carboxylic acids is 17. The van der Waals surface area contributed by atoms with Crippen LogP contribution in [0.4, 0.5) is 0 Å². The number of aldehydes is 1. The van der Waals surface area contributed by atoms with E-state index in [-0.39, 0.29) is 81.9 Å². The summed E-state index contributed by atoms with van der Waals surface area (Å²) in [6.07, 6.45) is 15.0. The highest BCUT2D eigenvalue weighted by Gasteiger charge is 2.44. The number of benzene rings is 2. The Morgan fingerprint density at radius 1 is 0.546 bits per heavy atom. The lowest BCUT2D eigenvalue weighted by Gasteiger charge is -2.36. The van der Waals surface area contributed by atoms with E-state index in [1.165, 1.54) is 75.1 Å². The van der Waals surface area contributed by atoms with E-state index in [4.69, 9.17) is 11.5 Å². The molecule has 14 atom stereocenters. The van der Waals surface area contributed by atoms with Crippen LogP contribution in [-0.4, -0.2) is 287 Å². The van der Waals surface area contributed by atoms with E-state index in [0.717, 1.165) is 55.4 Å². The summed E-state index contributed by atoms with van der Waals surface area (Å²) in [6.45, 7) is 16.4. The minimum absolute atomic E-state index is 0.00904. The minimum Gasteiger partial charge on any atom is -0.370 e. The number of aromatic nitrogens is 6. The van der Waals surface area contributed by atoms with E-state index in [0.29, 0.717) is 74.7 Å². The summed E-state index contributed by atoms with van der Waals surface area (Å²) in [5.74, 6) is -13.6. The molecule has 704 valence electrons. The lowest BCUT2D eigenvalue weighted by molar-refractivity contribution is -0.149. The third-order valence-corrected chi connectivity index (χ3v) is 24.0. The Labute approximate surface area is 758 Å². The van der Waals surface area contributed by atoms with Crippen LogP contribution in [0.2, 0.25) is 0 Å². The molecule has 2 saturated heterocycles. The van der Waals surface area contributed by atoms with Gasteiger partial charge in [-0.15, -0.1) is 24.9 Å². The van der Waals surface area contributed by atoms with Gasteiger partial charge in [0.05, 0.1) is 43.5 Å². The van der Waals surface area contributed by atoms with Gasteiger partial charge in [0, 0.05) is 117 Å². The highest BCUT2D eigenvalue weighted by atomic mass is 32.2. The first-order valence-electron chi connectivity index (χ1n) is 43.9. The fourth-order valence-corrected chi connectivity index (χ4v) is 16.6. The predicted molar refractivity (Wildman–Crippen MR) is 485 cm³/mol. The number of amides is 16. The summed E-state index contributed by atoms with van der Waals surface area (Å²) in [5.41, 5.74) is 14.8. The van der Waals surface area contributed by atoms with Gasteiger partial charge in [-0.2, -0.15) is 0 Å². The lowest BCUT2D eigenvalue weighted by Crippen LogP contribution is -2.61. The van der Waals surface area contributed by atoms with Crippen LogP contribution in [0.3, 0.4) is 0 Å². The number of rotatable bonds is 54. The molecular formula is C89H125N23O17S. The van der Waals surface area contributed by atoms with Crippen LogP contribution in [0.25, 0.3) is 21.8 Å². The van der Waals surface area contributed by atoms with E-state index >= 15 is 14.4 Å². The molecule has 2 fully saturated rings. The predicted octanol–water partition coefficient (Wildman–Crippen LogP) is -0.0392. The molecule has 6 aromatic rings. The zero-order chi connectivity index (χ0) is 94.8. The Bertz CT molecular complexity index is 4930. The SMILES string of the molecule is C=CC[C@H](NC(=O)[C@H](Cc1c[nH]c2ccccc12)NC(=O)[C@@H]1CCCN1)C(=O)N[C@@H](Cc1c[nH]c2ccccc12)C(=O)N(C)[C@@H](CCCC)C(=O)N(C)[C@@H](CCCC)C(=O)N[C@@H](CC=C)C(=O)N[C@@H](CSCC(=O)N[C@@H](Cc1cnc[nH]1)C(=O)N(C)[C@@H](C)C(=O)N[C@@H](CC(N)=O)C(=O)N1CCCC1C(=O)N[C@@H](Cc1cnc[nH]1)C(=O)N[C@H](C=O)CC(C)C)C(=O)NCC(N)=O. The fraction of sp³-hybridized carbons (Fsp3) is 0.517. The average molecular weight is 1820 g/mol. The summed E-state index contributed by atoms with van der Waals surface area (Å²) in [5, 5.41) is 31.6. The van der Waals surface area contributed by atoms with E-state index in [1.54, 1.807) is 12.4 Å². The van der Waals surface area contributed by atoms with Gasteiger partial charge in [0.25, 0.3) is 0 Å². The number of likely N-dealkylation sites (tertiary alicyclic amines) is 1. The number of likely N-dealkylation sites (N-methyl/N-ethyl adjacent to an activating group) is 3. The molecule has 1 unspecified atom stereocenters. The van der Waals surface area contributed by atoms with Crippen molar-refractivity contribution in [3.8, 4) is 0 Å². The van der Waals surface area contributed by atoms with Crippen molar-refractivity contribution in [3.63, 3.8) is 0 Å². The van der Waals surface area contributed by atoms with Crippen LogP contribution in [0.15, 0.2) is 111 Å². The number of nitrogens with one attached hydrogen (secondary N) is 15. The smallest absolute Gasteiger partial charge is 0.246 e. The van der Waals surface area contributed by atoms with Gasteiger partial charge in [-0.3, -0.25) is 76.7 Å². The van der Waals surface area contributed by atoms with Crippen molar-refractivity contribution in [1.82, 2.24) is 108 Å². The maximum atomic E-state index is 15.6. The Morgan fingerprint density at radius 3 is 1.60 bits per heavy atom. The molecule has 16 amide bonds. The molecule has 19 N–H and O–H groups in total. The molecule has 0 aliphatic carbocycles. The maximum Gasteiger partial charge on any atom is 0.246 e. The van der Waals surface area contributed by atoms with Crippen LogP contribution in [0, 0.1) is 5.92 Å². The fourth-order valence-electron chi connectivity index (χ4n) is 15.7. The molecule has 6 heterocycles. The van der Waals surface area contributed by atoms with E-state index in [9.17, 15) is 67.1 Å². The summed E-state index contributed by atoms with van der Waals surface area (Å²) in [4.78, 5) is 265. The van der Waals surface area contributed by atoms with Crippen molar-refractivity contribution in [1.29, 1.82) is 0 Å². The second-order valence-electron chi connectivity index (χ2n) is 33.2. The van der Waals surface area contributed by atoms with Crippen molar-refractivity contribution >= 4 is 134 Å². The first-order valence-corrected chi connectivity index (χ1v) is 45.0. The number of aromatic amines is 4. The number of para-hydroxylation sites is 2. The van der Waals surface area contributed by atoms with Crippen LogP contribution >= 0.6 is 11.8 Å². The Hall–Kier alpha value is -13.1. The molecule has 2 aromatic carbocycles. The number of nitrogens with two attached hydrogens (primary N) is 2. The molecule has 40 nitrogen and oxygen atoms in total. The number of H-pyrrole nitrogens is 4. The second kappa shape index (κ2) is 50.6. The summed E-state index contributed by atoms with van der Waals surface area (Å²) in [6, 6.07) is -3.04. The van der Waals surface area contributed by atoms with Gasteiger partial charge in [0.15, 0.2) is 0 Å². The molecule has 4 aromatic heterocycles. The monoisotopic (exact) mass is 1820 g/mol. The normalized spacial score (nSPS) is 16.4. The van der Waals surface area contributed by atoms with E-state index in [2.05, 4.69) is 102 Å². The zero-order valence-corrected chi connectivity index (χ0v) is 75.7. The Morgan fingerprint density at radius 2 is 1.05 bits per heavy atom. The van der Waals surface area contributed by atoms with Crippen LogP contribution in [-0.2, 0) is 107 Å². The number of nitrogens with zero attached hydrogens (tertiary/aromatic N) is 6. The lowest BCUT2D eigenvalue weighted by atomic mass is 9.99. The van der Waals surface area contributed by atoms with Gasteiger partial charge in [-0.1, -0.05) is 102 Å². The third kappa shape index (κ3) is 29.5. The molecule has 0 spiro atoms. The molecule has 0 saturated carbocycles. The van der Waals surface area contributed by atoms with E-state index in [1.807, 2.05) is 76.2 Å². The van der Waals surface area contributed by atoms with Crippen molar-refractivity contribution < 1.29 is 81.5 Å². The van der Waals surface area contributed by atoms with Crippen LogP contribution in [0.1, 0.15) is 147 Å². The van der Waals surface area contributed by atoms with Crippen molar-refractivity contribution in [3.05, 3.63) is 134 Å². The van der Waals surface area contributed by atoms with Gasteiger partial charge in [0.2, 0.25) is 94.5 Å². The Balaban J connectivity index is 0.939. The quantitative estimate of drug-likeness (QED) is 0.0176. The zero-order valence-electron chi connectivity index (χ0n) is 74.8. The summed E-state index contributed by atoms with van der Waals surface area (Å²) in [7, 11) is 4.08. The number of primary amides is 2. The summed E-state index contributed by atoms with van der Waals surface area (Å²) >= 11 is 0.801. The molecule has 0 bridgehead atoms.